The van der Waals surface area contributed by atoms with Crippen molar-refractivity contribution in [3.63, 3.8) is 0 Å². The van der Waals surface area contributed by atoms with E-state index in [2.05, 4.69) is 5.32 Å². The maximum absolute atomic E-state index is 14.5. The molecule has 3 rings (SSSR count). The number of nitrogens with zero attached hydrogens (tertiary/aromatic N) is 2. The third-order valence-corrected chi connectivity index (χ3v) is 8.06. The molecule has 0 saturated heterocycles. The number of hydrogen-bond acceptors (Lipinski definition) is 4. The molecule has 0 fully saturated rings. The minimum absolute atomic E-state index is 0.00578. The first-order chi connectivity index (χ1) is 18.1. The molecule has 0 aliphatic carbocycles. The highest BCUT2D eigenvalue weighted by Crippen LogP contribution is 2.26. The van der Waals surface area contributed by atoms with E-state index in [0.717, 1.165) is 17.1 Å². The quantitative estimate of drug-likeness (QED) is 0.316. The van der Waals surface area contributed by atoms with Crippen molar-refractivity contribution in [2.24, 2.45) is 0 Å². The van der Waals surface area contributed by atoms with Gasteiger partial charge in [0.2, 0.25) is 11.8 Å². The van der Waals surface area contributed by atoms with Gasteiger partial charge in [0.05, 0.1) is 10.6 Å². The van der Waals surface area contributed by atoms with Gasteiger partial charge < -0.3 is 10.2 Å². The standard InChI is InChI=1S/C28H31ClFN3O4S/c1-3-4-18-31-28(35)21(2)32(19-22-10-8-9-13-26(22)30)27(34)20-33(24-16-14-23(29)15-17-24)38(36,37)25-11-6-5-7-12-25/h5-17,21H,3-4,18-20H2,1-2H3,(H,31,35)/t21-/m1/s1. The molecular weight excluding hydrogens is 529 g/mol. The Hall–Kier alpha value is -3.43. The van der Waals surface area contributed by atoms with Crippen LogP contribution in [0.2, 0.25) is 5.02 Å². The number of sulfonamides is 1. The van der Waals surface area contributed by atoms with Gasteiger partial charge in [-0.05, 0) is 55.8 Å². The predicted octanol–water partition coefficient (Wildman–Crippen LogP) is 5.01. The summed E-state index contributed by atoms with van der Waals surface area (Å²) in [6, 6.07) is 18.7. The van der Waals surface area contributed by atoms with E-state index >= 15 is 0 Å². The van der Waals surface area contributed by atoms with Gasteiger partial charge in [0.25, 0.3) is 10.0 Å². The van der Waals surface area contributed by atoms with E-state index in [4.69, 9.17) is 11.6 Å². The second-order valence-electron chi connectivity index (χ2n) is 8.73. The normalized spacial score (nSPS) is 12.0. The second-order valence-corrected chi connectivity index (χ2v) is 11.0. The summed E-state index contributed by atoms with van der Waals surface area (Å²) in [4.78, 5) is 27.9. The minimum Gasteiger partial charge on any atom is -0.354 e. The lowest BCUT2D eigenvalue weighted by Gasteiger charge is -2.32. The number of halogens is 2. The van der Waals surface area contributed by atoms with Crippen LogP contribution in [0.4, 0.5) is 10.1 Å². The molecule has 0 aliphatic rings. The van der Waals surface area contributed by atoms with E-state index < -0.39 is 40.2 Å². The minimum atomic E-state index is -4.17. The third-order valence-electron chi connectivity index (χ3n) is 6.02. The fourth-order valence-corrected chi connectivity index (χ4v) is 5.35. The first-order valence-electron chi connectivity index (χ1n) is 12.3. The van der Waals surface area contributed by atoms with Gasteiger partial charge in [-0.3, -0.25) is 13.9 Å². The maximum Gasteiger partial charge on any atom is 0.264 e. The molecule has 3 aromatic rings. The average Bonchev–Trinajstić information content (AvgIpc) is 2.92. The average molecular weight is 560 g/mol. The Morgan fingerprint density at radius 2 is 1.61 bits per heavy atom. The topological polar surface area (TPSA) is 86.8 Å². The highest BCUT2D eigenvalue weighted by atomic mass is 35.5. The largest absolute Gasteiger partial charge is 0.354 e. The second kappa shape index (κ2) is 13.4. The van der Waals surface area contributed by atoms with E-state index in [9.17, 15) is 22.4 Å². The van der Waals surface area contributed by atoms with Gasteiger partial charge in [-0.15, -0.1) is 0 Å². The molecule has 7 nitrogen and oxygen atoms in total. The molecule has 38 heavy (non-hydrogen) atoms. The van der Waals surface area contributed by atoms with Crippen LogP contribution in [0.15, 0.2) is 83.8 Å². The molecule has 0 heterocycles. The van der Waals surface area contributed by atoms with Gasteiger partial charge in [0.15, 0.2) is 0 Å². The van der Waals surface area contributed by atoms with Crippen molar-refractivity contribution in [3.05, 3.63) is 95.3 Å². The van der Waals surface area contributed by atoms with Crippen LogP contribution in [0.3, 0.4) is 0 Å². The number of carbonyl (C=O) groups excluding carboxylic acids is 2. The van der Waals surface area contributed by atoms with Crippen LogP contribution >= 0.6 is 11.6 Å². The summed E-state index contributed by atoms with van der Waals surface area (Å²) in [6.07, 6.45) is 1.64. The smallest absolute Gasteiger partial charge is 0.264 e. The molecule has 0 aromatic heterocycles. The van der Waals surface area contributed by atoms with Crippen molar-refractivity contribution < 1.29 is 22.4 Å². The van der Waals surface area contributed by atoms with Crippen LogP contribution in [-0.4, -0.2) is 44.3 Å². The van der Waals surface area contributed by atoms with Crippen molar-refractivity contribution in [2.75, 3.05) is 17.4 Å². The van der Waals surface area contributed by atoms with Crippen LogP contribution in [0.5, 0.6) is 0 Å². The predicted molar refractivity (Wildman–Crippen MR) is 147 cm³/mol. The molecule has 1 atom stereocenters. The molecule has 0 bridgehead atoms. The van der Waals surface area contributed by atoms with E-state index in [0.29, 0.717) is 11.6 Å². The Labute approximate surface area is 228 Å². The lowest BCUT2D eigenvalue weighted by molar-refractivity contribution is -0.139. The summed E-state index contributed by atoms with van der Waals surface area (Å²) in [6.45, 7) is 3.13. The van der Waals surface area contributed by atoms with Crippen molar-refractivity contribution in [3.8, 4) is 0 Å². The number of carbonyl (C=O) groups is 2. The van der Waals surface area contributed by atoms with Gasteiger partial charge in [0.1, 0.15) is 18.4 Å². The van der Waals surface area contributed by atoms with Gasteiger partial charge in [-0.2, -0.15) is 0 Å². The highest BCUT2D eigenvalue weighted by molar-refractivity contribution is 7.92. The van der Waals surface area contributed by atoms with Crippen LogP contribution in [0.25, 0.3) is 0 Å². The van der Waals surface area contributed by atoms with E-state index in [-0.39, 0.29) is 22.7 Å². The molecular formula is C28H31ClFN3O4S. The SMILES string of the molecule is CCCCNC(=O)[C@@H](C)N(Cc1ccccc1F)C(=O)CN(c1ccc(Cl)cc1)S(=O)(=O)c1ccccc1. The molecule has 1 N–H and O–H groups in total. The zero-order chi connectivity index (χ0) is 27.7. The zero-order valence-corrected chi connectivity index (χ0v) is 22.9. The molecule has 0 aliphatic heterocycles. The van der Waals surface area contributed by atoms with Crippen LogP contribution in [0.1, 0.15) is 32.3 Å². The molecule has 202 valence electrons. The summed E-state index contributed by atoms with van der Waals surface area (Å²) >= 11 is 6.01. The molecule has 0 unspecified atom stereocenters. The number of benzene rings is 3. The molecule has 0 radical (unpaired) electrons. The van der Waals surface area contributed by atoms with Gasteiger partial charge in [-0.25, -0.2) is 12.8 Å². The van der Waals surface area contributed by atoms with Gasteiger partial charge >= 0.3 is 0 Å². The number of nitrogens with one attached hydrogen (secondary N) is 1. The van der Waals surface area contributed by atoms with Gasteiger partial charge in [0, 0.05) is 23.7 Å². The number of amides is 2. The first-order valence-corrected chi connectivity index (χ1v) is 14.1. The Balaban J connectivity index is 1.99. The van der Waals surface area contributed by atoms with E-state index in [1.165, 1.54) is 59.5 Å². The van der Waals surface area contributed by atoms with Crippen LogP contribution < -0.4 is 9.62 Å². The molecule has 0 spiro atoms. The molecule has 10 heteroatoms. The van der Waals surface area contributed by atoms with Crippen LogP contribution in [0, 0.1) is 5.82 Å². The zero-order valence-electron chi connectivity index (χ0n) is 21.3. The fourth-order valence-electron chi connectivity index (χ4n) is 3.78. The number of hydrogen-bond donors (Lipinski definition) is 1. The first kappa shape index (κ1) is 29.1. The summed E-state index contributed by atoms with van der Waals surface area (Å²) in [5, 5.41) is 3.19. The molecule has 0 saturated carbocycles. The van der Waals surface area contributed by atoms with E-state index in [1.807, 2.05) is 6.92 Å². The molecule has 3 aromatic carbocycles. The van der Waals surface area contributed by atoms with Crippen LogP contribution in [-0.2, 0) is 26.2 Å². The Morgan fingerprint density at radius 3 is 2.24 bits per heavy atom. The number of anilines is 1. The summed E-state index contributed by atoms with van der Waals surface area (Å²) in [7, 11) is -4.17. The number of rotatable bonds is 12. The fraction of sp³-hybridized carbons (Fsp3) is 0.286. The van der Waals surface area contributed by atoms with Crippen molar-refractivity contribution in [2.45, 2.75) is 44.2 Å². The molecule has 2 amide bonds. The maximum atomic E-state index is 14.5. The monoisotopic (exact) mass is 559 g/mol. The Bertz CT molecular complexity index is 1340. The van der Waals surface area contributed by atoms with Crippen molar-refractivity contribution in [1.29, 1.82) is 0 Å². The summed E-state index contributed by atoms with van der Waals surface area (Å²) in [5.41, 5.74) is 0.426. The third kappa shape index (κ3) is 7.33. The van der Waals surface area contributed by atoms with E-state index in [1.54, 1.807) is 31.2 Å². The number of unbranched alkanes of at least 4 members (excludes halogenated alkanes) is 1. The Kier molecular flexibility index (Phi) is 10.3. The lowest BCUT2D eigenvalue weighted by atomic mass is 10.1. The van der Waals surface area contributed by atoms with Crippen molar-refractivity contribution >= 4 is 39.1 Å². The van der Waals surface area contributed by atoms with Gasteiger partial charge in [-0.1, -0.05) is 61.3 Å². The summed E-state index contributed by atoms with van der Waals surface area (Å²) in [5.74, 6) is -1.61. The highest BCUT2D eigenvalue weighted by Gasteiger charge is 2.32. The lowest BCUT2D eigenvalue weighted by Crippen LogP contribution is -2.51. The summed E-state index contributed by atoms with van der Waals surface area (Å²) < 4.78 is 42.8. The van der Waals surface area contributed by atoms with Crippen molar-refractivity contribution in [1.82, 2.24) is 10.2 Å². The Morgan fingerprint density at radius 1 is 0.974 bits per heavy atom.